The number of imidazole rings is 1. The molecule has 1 fully saturated rings. The van der Waals surface area contributed by atoms with Crippen LogP contribution in [-0.4, -0.2) is 51.4 Å². The number of hydrogen-bond donors (Lipinski definition) is 2. The maximum absolute atomic E-state index is 13.0. The Labute approximate surface area is 219 Å². The maximum atomic E-state index is 13.0. The minimum atomic E-state index is -2.65. The van der Waals surface area contributed by atoms with E-state index in [1.165, 1.54) is 4.80 Å². The fraction of sp³-hybridized carbons (Fsp3) is 0.292. The van der Waals surface area contributed by atoms with Crippen LogP contribution in [0.4, 0.5) is 20.5 Å². The van der Waals surface area contributed by atoms with Gasteiger partial charge in [0.15, 0.2) is 10.8 Å². The molecule has 0 aromatic carbocycles. The maximum Gasteiger partial charge on any atom is 0.280 e. The largest absolute Gasteiger partial charge is 0.347 e. The zero-order valence-electron chi connectivity index (χ0n) is 19.9. The van der Waals surface area contributed by atoms with Crippen LogP contribution in [0.5, 0.6) is 0 Å². The lowest BCUT2D eigenvalue weighted by atomic mass is 9.90. The van der Waals surface area contributed by atoms with Gasteiger partial charge in [-0.25, -0.2) is 28.7 Å². The molecule has 1 saturated carbocycles. The van der Waals surface area contributed by atoms with Crippen molar-refractivity contribution < 1.29 is 13.6 Å². The van der Waals surface area contributed by atoms with Crippen LogP contribution < -0.4 is 10.6 Å². The fourth-order valence-electron chi connectivity index (χ4n) is 4.71. The summed E-state index contributed by atoms with van der Waals surface area (Å²) in [7, 11) is 0. The average molecular weight is 537 g/mol. The molecule has 1 aliphatic carbocycles. The van der Waals surface area contributed by atoms with Crippen molar-refractivity contribution in [1.29, 1.82) is 0 Å². The summed E-state index contributed by atoms with van der Waals surface area (Å²) in [5.41, 5.74) is 1.53. The fourth-order valence-corrected chi connectivity index (χ4v) is 5.38. The van der Waals surface area contributed by atoms with E-state index in [1.54, 1.807) is 24.8 Å². The minimum Gasteiger partial charge on any atom is -0.347 e. The molecule has 38 heavy (non-hydrogen) atoms. The van der Waals surface area contributed by atoms with E-state index in [0.29, 0.717) is 40.9 Å². The molecule has 6 rings (SSSR count). The van der Waals surface area contributed by atoms with Gasteiger partial charge in [-0.1, -0.05) is 6.07 Å². The first kappa shape index (κ1) is 24.0. The molecule has 1 amide bonds. The number of thiazole rings is 1. The first-order valence-electron chi connectivity index (χ1n) is 12.0. The second-order valence-corrected chi connectivity index (χ2v) is 9.92. The van der Waals surface area contributed by atoms with Crippen LogP contribution in [0, 0.1) is 0 Å². The number of amides is 1. The molecule has 194 valence electrons. The summed E-state index contributed by atoms with van der Waals surface area (Å²) in [4.78, 5) is 31.5. The monoisotopic (exact) mass is 536 g/mol. The summed E-state index contributed by atoms with van der Waals surface area (Å²) in [5, 5.41) is 14.7. The van der Waals surface area contributed by atoms with Crippen LogP contribution in [0.15, 0.2) is 55.2 Å². The van der Waals surface area contributed by atoms with Crippen LogP contribution in [0.25, 0.3) is 16.9 Å². The van der Waals surface area contributed by atoms with Gasteiger partial charge in [0.1, 0.15) is 11.3 Å². The molecule has 0 radical (unpaired) electrons. The molecule has 11 nitrogen and oxygen atoms in total. The van der Waals surface area contributed by atoms with Gasteiger partial charge in [-0.05, 0) is 37.8 Å². The van der Waals surface area contributed by atoms with Crippen LogP contribution in [0.2, 0.25) is 0 Å². The standard InChI is InChI=1S/C24H22F2N10OS/c25-21(26)18-13-29-23(38-18)22(37)32-14-4-3-5-15(10-14)35-17-11-20(36-30-8-9-31-36)28-12-16(17)33-24(35)34-19-6-1-2-7-27-19/h1-2,6-9,11-15,21H,3-5,10H2,(H,32,37)(H,27,33,34)/t14-,15+/m0/s1. The number of pyridine rings is 2. The zero-order chi connectivity index (χ0) is 26.1. The quantitative estimate of drug-likeness (QED) is 0.312. The van der Waals surface area contributed by atoms with Crippen molar-refractivity contribution in [1.82, 2.24) is 44.8 Å². The molecule has 0 saturated heterocycles. The lowest BCUT2D eigenvalue weighted by molar-refractivity contribution is 0.0920. The Morgan fingerprint density at radius 3 is 2.71 bits per heavy atom. The second-order valence-electron chi connectivity index (χ2n) is 8.85. The number of anilines is 2. The van der Waals surface area contributed by atoms with Gasteiger partial charge in [0.05, 0.1) is 29.0 Å². The predicted molar refractivity (Wildman–Crippen MR) is 136 cm³/mol. The van der Waals surface area contributed by atoms with E-state index >= 15 is 0 Å². The van der Waals surface area contributed by atoms with Crippen molar-refractivity contribution in [2.75, 3.05) is 5.32 Å². The smallest absolute Gasteiger partial charge is 0.280 e. The lowest BCUT2D eigenvalue weighted by Gasteiger charge is -2.31. The number of nitrogens with one attached hydrogen (secondary N) is 2. The summed E-state index contributed by atoms with van der Waals surface area (Å²) in [5.74, 6) is 1.35. The number of rotatable bonds is 7. The van der Waals surface area contributed by atoms with Crippen molar-refractivity contribution >= 4 is 40.0 Å². The zero-order valence-corrected chi connectivity index (χ0v) is 20.7. The van der Waals surface area contributed by atoms with Gasteiger partial charge in [-0.2, -0.15) is 10.2 Å². The Bertz CT molecular complexity index is 1550. The molecule has 0 aliphatic heterocycles. The topological polar surface area (TPSA) is 128 Å². The Kier molecular flexibility index (Phi) is 6.45. The molecular weight excluding hydrogens is 514 g/mol. The van der Waals surface area contributed by atoms with Crippen LogP contribution in [0.1, 0.15) is 52.8 Å². The summed E-state index contributed by atoms with van der Waals surface area (Å²) < 4.78 is 28.0. The van der Waals surface area contributed by atoms with Crippen LogP contribution >= 0.6 is 11.3 Å². The summed E-state index contributed by atoms with van der Waals surface area (Å²) in [6.45, 7) is 0. The Morgan fingerprint density at radius 1 is 1.08 bits per heavy atom. The van der Waals surface area contributed by atoms with Crippen molar-refractivity contribution in [3.8, 4) is 5.82 Å². The number of carbonyl (C=O) groups is 1. The number of aromatic nitrogens is 8. The molecule has 14 heteroatoms. The molecule has 2 atom stereocenters. The van der Waals surface area contributed by atoms with Gasteiger partial charge in [-0.15, -0.1) is 16.1 Å². The summed E-state index contributed by atoms with van der Waals surface area (Å²) in [6.07, 6.45) is 8.06. The highest BCUT2D eigenvalue weighted by Crippen LogP contribution is 2.36. The second kappa shape index (κ2) is 10.2. The third-order valence-corrected chi connectivity index (χ3v) is 7.37. The number of fused-ring (bicyclic) bond motifs is 1. The van der Waals surface area contributed by atoms with Gasteiger partial charge in [0.2, 0.25) is 5.95 Å². The van der Waals surface area contributed by atoms with Crippen molar-refractivity contribution in [2.24, 2.45) is 0 Å². The van der Waals surface area contributed by atoms with E-state index in [-0.39, 0.29) is 22.0 Å². The Morgan fingerprint density at radius 2 is 1.95 bits per heavy atom. The highest BCUT2D eigenvalue weighted by Gasteiger charge is 2.29. The van der Waals surface area contributed by atoms with Crippen molar-refractivity contribution in [2.45, 2.75) is 44.2 Å². The Hall–Kier alpha value is -4.33. The highest BCUT2D eigenvalue weighted by atomic mass is 32.1. The van der Waals surface area contributed by atoms with Gasteiger partial charge >= 0.3 is 0 Å². The van der Waals surface area contributed by atoms with E-state index < -0.39 is 12.3 Å². The first-order valence-corrected chi connectivity index (χ1v) is 12.8. The molecule has 0 bridgehead atoms. The first-order chi connectivity index (χ1) is 18.5. The minimum absolute atomic E-state index is 0.0148. The molecule has 5 heterocycles. The molecule has 5 aromatic rings. The molecular formula is C24H22F2N10OS. The number of halogens is 2. The van der Waals surface area contributed by atoms with Crippen LogP contribution in [-0.2, 0) is 0 Å². The molecule has 0 spiro atoms. The van der Waals surface area contributed by atoms with Crippen molar-refractivity contribution in [3.63, 3.8) is 0 Å². The van der Waals surface area contributed by atoms with Gasteiger partial charge in [-0.3, -0.25) is 4.79 Å². The molecule has 2 N–H and O–H groups in total. The van der Waals surface area contributed by atoms with Gasteiger partial charge < -0.3 is 15.2 Å². The highest BCUT2D eigenvalue weighted by molar-refractivity contribution is 7.13. The summed E-state index contributed by atoms with van der Waals surface area (Å²) in [6, 6.07) is 7.29. The SMILES string of the molecule is O=C(N[C@H]1CCC[C@@H](n2c(Nc3ccccn3)nc3cnc(-n4nccn4)cc32)C1)c1ncc(C(F)F)s1. The molecule has 5 aromatic heterocycles. The van der Waals surface area contributed by atoms with E-state index in [9.17, 15) is 13.6 Å². The summed E-state index contributed by atoms with van der Waals surface area (Å²) >= 11 is 0.716. The van der Waals surface area contributed by atoms with E-state index in [2.05, 4.69) is 40.3 Å². The number of nitrogens with zero attached hydrogens (tertiary/aromatic N) is 8. The number of carbonyl (C=O) groups excluding carboxylic acids is 1. The molecule has 1 aliphatic rings. The number of hydrogen-bond acceptors (Lipinski definition) is 9. The van der Waals surface area contributed by atoms with Crippen molar-refractivity contribution in [3.05, 3.63) is 65.1 Å². The predicted octanol–water partition coefficient (Wildman–Crippen LogP) is 4.46. The van der Waals surface area contributed by atoms with E-state index in [1.807, 2.05) is 24.3 Å². The Balaban J connectivity index is 1.31. The third-order valence-electron chi connectivity index (χ3n) is 6.37. The lowest BCUT2D eigenvalue weighted by Crippen LogP contribution is -2.39. The van der Waals surface area contributed by atoms with Crippen LogP contribution in [0.3, 0.4) is 0 Å². The van der Waals surface area contributed by atoms with E-state index in [4.69, 9.17) is 4.98 Å². The average Bonchev–Trinajstić information content (AvgIpc) is 3.69. The van der Waals surface area contributed by atoms with E-state index in [0.717, 1.165) is 31.0 Å². The van der Waals surface area contributed by atoms with Gasteiger partial charge in [0.25, 0.3) is 12.3 Å². The number of alkyl halides is 2. The third kappa shape index (κ3) is 4.81. The molecule has 0 unspecified atom stereocenters. The van der Waals surface area contributed by atoms with Gasteiger partial charge in [0, 0.05) is 30.5 Å². The normalized spacial score (nSPS) is 17.7.